The highest BCUT2D eigenvalue weighted by molar-refractivity contribution is 7.34. The third-order valence-corrected chi connectivity index (χ3v) is 8.18. The van der Waals surface area contributed by atoms with Gasteiger partial charge in [0.1, 0.15) is 0 Å². The van der Waals surface area contributed by atoms with Crippen LogP contribution in [-0.4, -0.2) is 50.1 Å². The van der Waals surface area contributed by atoms with Crippen molar-refractivity contribution in [3.8, 4) is 17.1 Å². The zero-order valence-corrected chi connectivity index (χ0v) is 19.5. The van der Waals surface area contributed by atoms with Gasteiger partial charge in [0.15, 0.2) is 5.82 Å². The SMILES string of the molecule is CPN1[C@H]2CC[C@@H]1[C@H](NC(=O)c1ccc3c(cnn3-c3cccc(-c4ccccc4)n3)c1)C2. The number of nitrogens with one attached hydrogen (secondary N) is 1. The molecule has 1 amide bonds. The van der Waals surface area contributed by atoms with E-state index in [4.69, 9.17) is 4.98 Å². The summed E-state index contributed by atoms with van der Waals surface area (Å²) < 4.78 is 4.41. The Morgan fingerprint density at radius 3 is 2.76 bits per heavy atom. The molecule has 2 aromatic carbocycles. The molecule has 2 saturated heterocycles. The van der Waals surface area contributed by atoms with Crippen LogP contribution in [-0.2, 0) is 0 Å². The van der Waals surface area contributed by atoms with Gasteiger partial charge < -0.3 is 5.32 Å². The van der Waals surface area contributed by atoms with Gasteiger partial charge >= 0.3 is 0 Å². The van der Waals surface area contributed by atoms with Crippen molar-refractivity contribution in [1.82, 2.24) is 24.8 Å². The van der Waals surface area contributed by atoms with Crippen LogP contribution in [0.3, 0.4) is 0 Å². The normalized spacial score (nSPS) is 22.5. The van der Waals surface area contributed by atoms with E-state index in [2.05, 4.69) is 33.9 Å². The van der Waals surface area contributed by atoms with Crippen molar-refractivity contribution in [2.45, 2.75) is 37.4 Å². The third kappa shape index (κ3) is 3.64. The molecule has 0 aliphatic carbocycles. The van der Waals surface area contributed by atoms with Crippen LogP contribution in [0.25, 0.3) is 28.0 Å². The molecule has 1 unspecified atom stereocenters. The summed E-state index contributed by atoms with van der Waals surface area (Å²) in [5, 5.41) is 8.81. The number of fused-ring (bicyclic) bond motifs is 3. The van der Waals surface area contributed by atoms with Gasteiger partial charge in [0.05, 0.1) is 17.4 Å². The maximum Gasteiger partial charge on any atom is 0.251 e. The van der Waals surface area contributed by atoms with Crippen LogP contribution in [0.1, 0.15) is 29.6 Å². The molecule has 0 spiro atoms. The van der Waals surface area contributed by atoms with Gasteiger partial charge in [-0.2, -0.15) is 5.10 Å². The lowest BCUT2D eigenvalue weighted by Crippen LogP contribution is -2.42. The second-order valence-corrected chi connectivity index (χ2v) is 9.79. The average Bonchev–Trinajstić information content (AvgIpc) is 3.56. The molecule has 6 rings (SSSR count). The van der Waals surface area contributed by atoms with E-state index in [1.165, 1.54) is 12.8 Å². The number of carbonyl (C=O) groups is 1. The molecule has 2 fully saturated rings. The first-order valence-electron chi connectivity index (χ1n) is 11.5. The van der Waals surface area contributed by atoms with Crippen molar-refractivity contribution in [3.05, 3.63) is 78.5 Å². The molecule has 33 heavy (non-hydrogen) atoms. The lowest BCUT2D eigenvalue weighted by molar-refractivity contribution is 0.0929. The van der Waals surface area contributed by atoms with Crippen molar-refractivity contribution >= 4 is 25.5 Å². The van der Waals surface area contributed by atoms with Gasteiger partial charge in [-0.1, -0.05) is 45.1 Å². The van der Waals surface area contributed by atoms with E-state index < -0.39 is 0 Å². The van der Waals surface area contributed by atoms with E-state index >= 15 is 0 Å². The fourth-order valence-corrected chi connectivity index (χ4v) is 6.65. The fraction of sp³-hybridized carbons (Fsp3) is 0.269. The predicted octanol–water partition coefficient (Wildman–Crippen LogP) is 4.65. The van der Waals surface area contributed by atoms with E-state index in [1.54, 1.807) is 6.20 Å². The molecule has 4 atom stereocenters. The predicted molar refractivity (Wildman–Crippen MR) is 133 cm³/mol. The van der Waals surface area contributed by atoms with Crippen molar-refractivity contribution in [2.24, 2.45) is 0 Å². The Bertz CT molecular complexity index is 1320. The molecule has 166 valence electrons. The van der Waals surface area contributed by atoms with Crippen LogP contribution in [0.2, 0.25) is 0 Å². The highest BCUT2D eigenvalue weighted by Crippen LogP contribution is 2.43. The molecule has 4 aromatic rings. The van der Waals surface area contributed by atoms with E-state index in [0.29, 0.717) is 17.6 Å². The Morgan fingerprint density at radius 2 is 1.94 bits per heavy atom. The van der Waals surface area contributed by atoms with Gasteiger partial charge in [-0.05, 0) is 56.3 Å². The van der Waals surface area contributed by atoms with Gasteiger partial charge in [-0.25, -0.2) is 9.67 Å². The molecule has 0 saturated carbocycles. The van der Waals surface area contributed by atoms with Gasteiger partial charge in [0, 0.05) is 34.6 Å². The number of hydrogen-bond acceptors (Lipinski definition) is 4. The smallest absolute Gasteiger partial charge is 0.251 e. The summed E-state index contributed by atoms with van der Waals surface area (Å²) in [4.78, 5) is 17.8. The molecule has 2 aromatic heterocycles. The Balaban J connectivity index is 1.25. The summed E-state index contributed by atoms with van der Waals surface area (Å²) in [6.07, 6.45) is 5.33. The maximum atomic E-state index is 13.0. The van der Waals surface area contributed by atoms with Crippen molar-refractivity contribution < 1.29 is 4.79 Å². The Labute approximate surface area is 194 Å². The Hall–Kier alpha value is -3.08. The summed E-state index contributed by atoms with van der Waals surface area (Å²) in [7, 11) is 0.814. The zero-order chi connectivity index (χ0) is 22.4. The van der Waals surface area contributed by atoms with Crippen LogP contribution >= 0.6 is 8.73 Å². The minimum Gasteiger partial charge on any atom is -0.348 e. The molecule has 2 aliphatic heterocycles. The first-order valence-corrected chi connectivity index (χ1v) is 12.9. The van der Waals surface area contributed by atoms with Crippen LogP contribution in [0.15, 0.2) is 72.9 Å². The fourth-order valence-electron chi connectivity index (χ4n) is 5.41. The monoisotopic (exact) mass is 455 g/mol. The number of benzene rings is 2. The molecule has 7 heteroatoms. The number of pyridine rings is 1. The van der Waals surface area contributed by atoms with E-state index in [0.717, 1.165) is 43.1 Å². The first-order chi connectivity index (χ1) is 16.2. The summed E-state index contributed by atoms with van der Waals surface area (Å²) in [5.74, 6) is 0.761. The van der Waals surface area contributed by atoms with Crippen LogP contribution < -0.4 is 5.32 Å². The highest BCUT2D eigenvalue weighted by atomic mass is 31.1. The second-order valence-electron chi connectivity index (χ2n) is 8.82. The topological polar surface area (TPSA) is 63.1 Å². The van der Waals surface area contributed by atoms with Crippen molar-refractivity contribution in [1.29, 1.82) is 0 Å². The van der Waals surface area contributed by atoms with E-state index in [9.17, 15) is 4.79 Å². The average molecular weight is 456 g/mol. The minimum absolute atomic E-state index is 0.00536. The Morgan fingerprint density at radius 1 is 1.06 bits per heavy atom. The van der Waals surface area contributed by atoms with Gasteiger partial charge in [0.2, 0.25) is 0 Å². The zero-order valence-electron chi connectivity index (χ0n) is 18.5. The largest absolute Gasteiger partial charge is 0.348 e. The lowest BCUT2D eigenvalue weighted by Gasteiger charge is -2.23. The van der Waals surface area contributed by atoms with Gasteiger partial charge in [-0.3, -0.25) is 9.46 Å². The summed E-state index contributed by atoms with van der Waals surface area (Å²) in [6, 6.07) is 23.3. The quantitative estimate of drug-likeness (QED) is 0.445. The molecule has 2 aliphatic rings. The summed E-state index contributed by atoms with van der Waals surface area (Å²) in [6.45, 7) is 2.24. The summed E-state index contributed by atoms with van der Waals surface area (Å²) in [5.41, 5.74) is 3.58. The van der Waals surface area contributed by atoms with E-state index in [-0.39, 0.29) is 11.9 Å². The molecule has 6 nitrogen and oxygen atoms in total. The first kappa shape index (κ1) is 20.5. The molecular weight excluding hydrogens is 429 g/mol. The molecule has 4 heterocycles. The molecule has 1 N–H and O–H groups in total. The molecule has 0 radical (unpaired) electrons. The second kappa shape index (κ2) is 8.36. The molecular formula is C26H26N5OP. The summed E-state index contributed by atoms with van der Waals surface area (Å²) >= 11 is 0. The lowest BCUT2D eigenvalue weighted by atomic mass is 9.95. The van der Waals surface area contributed by atoms with Crippen LogP contribution in [0, 0.1) is 0 Å². The van der Waals surface area contributed by atoms with Crippen molar-refractivity contribution in [2.75, 3.05) is 6.66 Å². The van der Waals surface area contributed by atoms with E-state index in [1.807, 2.05) is 59.3 Å². The van der Waals surface area contributed by atoms with Crippen molar-refractivity contribution in [3.63, 3.8) is 0 Å². The number of carbonyl (C=O) groups excluding carboxylic acids is 1. The van der Waals surface area contributed by atoms with Crippen LogP contribution in [0.5, 0.6) is 0 Å². The number of nitrogens with zero attached hydrogens (tertiary/aromatic N) is 4. The Kier molecular flexibility index (Phi) is 5.20. The number of amides is 1. The molecule has 2 bridgehead atoms. The van der Waals surface area contributed by atoms with Gasteiger partial charge in [-0.15, -0.1) is 0 Å². The standard InChI is InChI=1S/C26H26N5OP/c1-33-31-20-11-13-24(31)22(15-20)29-26(32)18-10-12-23-19(14-18)16-27-30(23)25-9-5-8-21(28-25)17-6-3-2-4-7-17/h2-10,12,14,16,20,22,24,33H,11,13,15H2,1H3,(H,29,32)/t20-,22+,24+/m0/s1. The van der Waals surface area contributed by atoms with Gasteiger partial charge in [0.25, 0.3) is 5.91 Å². The third-order valence-electron chi connectivity index (χ3n) is 6.96. The number of aromatic nitrogens is 3. The maximum absolute atomic E-state index is 13.0. The highest BCUT2D eigenvalue weighted by Gasteiger charge is 2.46. The van der Waals surface area contributed by atoms with Crippen LogP contribution in [0.4, 0.5) is 0 Å². The number of hydrogen-bond donors (Lipinski definition) is 1. The number of rotatable bonds is 5. The minimum atomic E-state index is 0.00536.